The summed E-state index contributed by atoms with van der Waals surface area (Å²) < 4.78 is 1.65. The summed E-state index contributed by atoms with van der Waals surface area (Å²) in [4.78, 5) is 11.9. The Labute approximate surface area is 146 Å². The van der Waals surface area contributed by atoms with Crippen molar-refractivity contribution >= 4 is 51.6 Å². The van der Waals surface area contributed by atoms with Crippen LogP contribution in [0.3, 0.4) is 0 Å². The molecule has 118 valence electrons. The SMILES string of the molecule is NNC(=O)c1nn(Cc2ccc(Cl)cc2Cl)c2cc(Cl)ccc12. The van der Waals surface area contributed by atoms with Gasteiger partial charge in [0.15, 0.2) is 5.69 Å². The van der Waals surface area contributed by atoms with Crippen LogP contribution in [0.2, 0.25) is 15.1 Å². The molecular weight excluding hydrogens is 359 g/mol. The molecule has 0 aliphatic carbocycles. The molecule has 3 rings (SSSR count). The number of fused-ring (bicyclic) bond motifs is 1. The Bertz CT molecular complexity index is 907. The Morgan fingerprint density at radius 1 is 1.13 bits per heavy atom. The Morgan fingerprint density at radius 2 is 1.83 bits per heavy atom. The van der Waals surface area contributed by atoms with Crippen LogP contribution in [0.25, 0.3) is 10.9 Å². The molecule has 0 bridgehead atoms. The molecule has 2 aromatic carbocycles. The van der Waals surface area contributed by atoms with Crippen LogP contribution in [0.5, 0.6) is 0 Å². The maximum absolute atomic E-state index is 11.9. The lowest BCUT2D eigenvalue weighted by Gasteiger charge is -2.06. The topological polar surface area (TPSA) is 72.9 Å². The smallest absolute Gasteiger partial charge is 0.286 e. The Balaban J connectivity index is 2.13. The van der Waals surface area contributed by atoms with Crippen LogP contribution < -0.4 is 11.3 Å². The van der Waals surface area contributed by atoms with E-state index in [0.29, 0.717) is 32.5 Å². The Hall–Kier alpha value is -1.79. The van der Waals surface area contributed by atoms with Crippen LogP contribution in [0.15, 0.2) is 36.4 Å². The number of nitrogens with zero attached hydrogens (tertiary/aromatic N) is 2. The number of rotatable bonds is 3. The molecule has 0 aliphatic heterocycles. The lowest BCUT2D eigenvalue weighted by Crippen LogP contribution is -2.30. The first kappa shape index (κ1) is 16.1. The summed E-state index contributed by atoms with van der Waals surface area (Å²) in [6.45, 7) is 0.366. The number of carbonyl (C=O) groups excluding carboxylic acids is 1. The first-order chi connectivity index (χ1) is 11.0. The van der Waals surface area contributed by atoms with Crippen molar-refractivity contribution in [2.24, 2.45) is 5.84 Å². The fraction of sp³-hybridized carbons (Fsp3) is 0.0667. The quantitative estimate of drug-likeness (QED) is 0.420. The van der Waals surface area contributed by atoms with E-state index < -0.39 is 5.91 Å². The van der Waals surface area contributed by atoms with E-state index in [9.17, 15) is 4.79 Å². The van der Waals surface area contributed by atoms with E-state index in [1.807, 2.05) is 6.07 Å². The number of hydrogen-bond acceptors (Lipinski definition) is 3. The van der Waals surface area contributed by atoms with Gasteiger partial charge in [-0.3, -0.25) is 14.9 Å². The molecule has 0 radical (unpaired) electrons. The lowest BCUT2D eigenvalue weighted by atomic mass is 10.2. The highest BCUT2D eigenvalue weighted by molar-refractivity contribution is 6.35. The van der Waals surface area contributed by atoms with Crippen LogP contribution in [0, 0.1) is 0 Å². The predicted molar refractivity (Wildman–Crippen MR) is 92.0 cm³/mol. The summed E-state index contributed by atoms with van der Waals surface area (Å²) in [5.74, 6) is 4.74. The van der Waals surface area contributed by atoms with E-state index in [1.54, 1.807) is 35.0 Å². The molecule has 8 heteroatoms. The van der Waals surface area contributed by atoms with Crippen LogP contribution in [0.1, 0.15) is 16.1 Å². The first-order valence-corrected chi connectivity index (χ1v) is 7.74. The molecular formula is C15H11Cl3N4O. The second-order valence-corrected chi connectivity index (χ2v) is 6.16. The zero-order chi connectivity index (χ0) is 16.6. The van der Waals surface area contributed by atoms with Gasteiger partial charge in [0.25, 0.3) is 5.91 Å². The van der Waals surface area contributed by atoms with Crippen molar-refractivity contribution in [2.45, 2.75) is 6.54 Å². The first-order valence-electron chi connectivity index (χ1n) is 6.60. The highest BCUT2D eigenvalue weighted by atomic mass is 35.5. The molecule has 3 N–H and O–H groups in total. The van der Waals surface area contributed by atoms with E-state index in [2.05, 4.69) is 10.5 Å². The van der Waals surface area contributed by atoms with E-state index in [4.69, 9.17) is 40.6 Å². The minimum Gasteiger partial charge on any atom is -0.289 e. The van der Waals surface area contributed by atoms with E-state index in [-0.39, 0.29) is 5.69 Å². The average molecular weight is 370 g/mol. The molecule has 0 saturated carbocycles. The van der Waals surface area contributed by atoms with Gasteiger partial charge in [-0.05, 0) is 35.9 Å². The predicted octanol–water partition coefficient (Wildman–Crippen LogP) is 3.65. The molecule has 0 unspecified atom stereocenters. The Kier molecular flexibility index (Phi) is 4.46. The summed E-state index contributed by atoms with van der Waals surface area (Å²) in [6, 6.07) is 10.4. The lowest BCUT2D eigenvalue weighted by molar-refractivity contribution is 0.0949. The van der Waals surface area contributed by atoms with Crippen LogP contribution in [-0.2, 0) is 6.54 Å². The summed E-state index contributed by atoms with van der Waals surface area (Å²) in [6.07, 6.45) is 0. The number of nitrogen functional groups attached to an aromatic ring is 1. The van der Waals surface area contributed by atoms with Gasteiger partial charge < -0.3 is 0 Å². The summed E-state index contributed by atoms with van der Waals surface area (Å²) in [5, 5.41) is 6.60. The molecule has 0 saturated heterocycles. The standard InChI is InChI=1S/C15H11Cl3N4O/c16-9-2-1-8(12(18)5-9)7-22-13-6-10(17)3-4-11(13)14(21-22)15(23)20-19/h1-6H,7,19H2,(H,20,23). The summed E-state index contributed by atoms with van der Waals surface area (Å²) in [5.41, 5.74) is 3.85. The van der Waals surface area contributed by atoms with Gasteiger partial charge in [-0.25, -0.2) is 5.84 Å². The van der Waals surface area contributed by atoms with Crippen molar-refractivity contribution < 1.29 is 4.79 Å². The van der Waals surface area contributed by atoms with Gasteiger partial charge in [-0.1, -0.05) is 40.9 Å². The molecule has 3 aromatic rings. The fourth-order valence-corrected chi connectivity index (χ4v) is 2.95. The van der Waals surface area contributed by atoms with Crippen LogP contribution >= 0.6 is 34.8 Å². The normalized spacial score (nSPS) is 11.0. The van der Waals surface area contributed by atoms with Gasteiger partial charge in [0.05, 0.1) is 12.1 Å². The highest BCUT2D eigenvalue weighted by Gasteiger charge is 2.17. The third-order valence-electron chi connectivity index (χ3n) is 3.40. The number of amides is 1. The van der Waals surface area contributed by atoms with Crippen molar-refractivity contribution in [3.8, 4) is 0 Å². The molecule has 0 fully saturated rings. The minimum atomic E-state index is -0.474. The van der Waals surface area contributed by atoms with Gasteiger partial charge in [0.1, 0.15) is 0 Å². The number of carbonyl (C=O) groups is 1. The van der Waals surface area contributed by atoms with Gasteiger partial charge in [-0.15, -0.1) is 0 Å². The second-order valence-electron chi connectivity index (χ2n) is 4.88. The fourth-order valence-electron chi connectivity index (χ4n) is 2.31. The number of aromatic nitrogens is 2. The number of hydrazine groups is 1. The number of benzene rings is 2. The molecule has 1 amide bonds. The maximum Gasteiger partial charge on any atom is 0.286 e. The van der Waals surface area contributed by atoms with Crippen molar-refractivity contribution in [1.29, 1.82) is 0 Å². The third-order valence-corrected chi connectivity index (χ3v) is 4.22. The van der Waals surface area contributed by atoms with Crippen LogP contribution in [-0.4, -0.2) is 15.7 Å². The minimum absolute atomic E-state index is 0.226. The van der Waals surface area contributed by atoms with E-state index in [0.717, 1.165) is 5.56 Å². The second kappa shape index (κ2) is 6.37. The molecule has 23 heavy (non-hydrogen) atoms. The highest BCUT2D eigenvalue weighted by Crippen LogP contribution is 2.26. The molecule has 1 heterocycles. The van der Waals surface area contributed by atoms with E-state index >= 15 is 0 Å². The largest absolute Gasteiger partial charge is 0.289 e. The number of nitrogens with one attached hydrogen (secondary N) is 1. The summed E-state index contributed by atoms with van der Waals surface area (Å²) in [7, 11) is 0. The molecule has 0 atom stereocenters. The molecule has 5 nitrogen and oxygen atoms in total. The third kappa shape index (κ3) is 3.14. The van der Waals surface area contributed by atoms with Crippen LogP contribution in [0.4, 0.5) is 0 Å². The zero-order valence-corrected chi connectivity index (χ0v) is 14.0. The van der Waals surface area contributed by atoms with Gasteiger partial charge >= 0.3 is 0 Å². The van der Waals surface area contributed by atoms with Crippen molar-refractivity contribution in [3.05, 3.63) is 62.7 Å². The van der Waals surface area contributed by atoms with Crippen molar-refractivity contribution in [2.75, 3.05) is 0 Å². The van der Waals surface area contributed by atoms with Gasteiger partial charge in [-0.2, -0.15) is 5.10 Å². The summed E-state index contributed by atoms with van der Waals surface area (Å²) >= 11 is 18.2. The molecule has 1 aromatic heterocycles. The zero-order valence-electron chi connectivity index (χ0n) is 11.7. The number of halogens is 3. The molecule has 0 aliphatic rings. The molecule has 0 spiro atoms. The average Bonchev–Trinajstić information content (AvgIpc) is 2.87. The maximum atomic E-state index is 11.9. The van der Waals surface area contributed by atoms with Crippen molar-refractivity contribution in [1.82, 2.24) is 15.2 Å². The monoisotopic (exact) mass is 368 g/mol. The van der Waals surface area contributed by atoms with E-state index in [1.165, 1.54) is 0 Å². The Morgan fingerprint density at radius 3 is 2.52 bits per heavy atom. The number of nitrogens with two attached hydrogens (primary N) is 1. The van der Waals surface area contributed by atoms with Gasteiger partial charge in [0, 0.05) is 20.5 Å². The van der Waals surface area contributed by atoms with Crippen molar-refractivity contribution in [3.63, 3.8) is 0 Å². The number of hydrogen-bond donors (Lipinski definition) is 2. The van der Waals surface area contributed by atoms with Gasteiger partial charge in [0.2, 0.25) is 0 Å².